The summed E-state index contributed by atoms with van der Waals surface area (Å²) < 4.78 is 6.34. The molecular formula is C9H13N3+2. The van der Waals surface area contributed by atoms with E-state index in [0.29, 0.717) is 0 Å². The molecule has 2 rings (SSSR count). The second-order valence-electron chi connectivity index (χ2n) is 3.23. The zero-order valence-electron chi connectivity index (χ0n) is 7.65. The molecule has 0 aliphatic carbocycles. The van der Waals surface area contributed by atoms with Crippen molar-refractivity contribution in [2.24, 2.45) is 14.1 Å². The van der Waals surface area contributed by atoms with Gasteiger partial charge in [0.1, 0.15) is 26.5 Å². The van der Waals surface area contributed by atoms with Crippen LogP contribution < -0.4 is 9.13 Å². The molecule has 3 heteroatoms. The topological polar surface area (TPSA) is 12.2 Å². The summed E-state index contributed by atoms with van der Waals surface area (Å²) >= 11 is 0. The quantitative estimate of drug-likeness (QED) is 0.481. The number of rotatable bonds is 0. The van der Waals surface area contributed by atoms with E-state index in [-0.39, 0.29) is 0 Å². The van der Waals surface area contributed by atoms with Gasteiger partial charge >= 0.3 is 5.78 Å². The Hall–Kier alpha value is -1.38. The first-order chi connectivity index (χ1) is 5.68. The van der Waals surface area contributed by atoms with E-state index in [9.17, 15) is 0 Å². The number of nitrogens with zero attached hydrogens (tertiary/aromatic N) is 3. The SMILES string of the molecule is Cc1cn2cc[n+](C)c2[n+](C)c1. The molecule has 0 unspecified atom stereocenters. The number of aromatic nitrogens is 3. The molecular weight excluding hydrogens is 150 g/mol. The highest BCUT2D eigenvalue weighted by molar-refractivity contribution is 5.14. The van der Waals surface area contributed by atoms with Crippen molar-refractivity contribution in [2.45, 2.75) is 6.92 Å². The fraction of sp³-hybridized carbons (Fsp3) is 0.333. The van der Waals surface area contributed by atoms with Crippen molar-refractivity contribution in [1.29, 1.82) is 0 Å². The van der Waals surface area contributed by atoms with Gasteiger partial charge in [-0.15, -0.1) is 4.40 Å². The van der Waals surface area contributed by atoms with Crippen molar-refractivity contribution in [1.82, 2.24) is 4.40 Å². The number of fused-ring (bicyclic) bond motifs is 1. The second-order valence-corrected chi connectivity index (χ2v) is 3.23. The Morgan fingerprint density at radius 2 is 2.00 bits per heavy atom. The van der Waals surface area contributed by atoms with E-state index in [2.05, 4.69) is 52.3 Å². The third-order valence-corrected chi connectivity index (χ3v) is 2.05. The van der Waals surface area contributed by atoms with E-state index in [1.165, 1.54) is 11.3 Å². The van der Waals surface area contributed by atoms with Crippen LogP contribution in [0, 0.1) is 6.92 Å². The molecule has 0 bridgehead atoms. The fourth-order valence-electron chi connectivity index (χ4n) is 1.63. The lowest BCUT2D eigenvalue weighted by molar-refractivity contribution is -0.757. The summed E-state index contributed by atoms with van der Waals surface area (Å²) in [6.07, 6.45) is 8.35. The Bertz CT molecular complexity index is 429. The molecule has 0 N–H and O–H groups in total. The molecule has 0 atom stereocenters. The lowest BCUT2D eigenvalue weighted by atomic mass is 10.4. The van der Waals surface area contributed by atoms with E-state index in [1.807, 2.05) is 7.05 Å². The van der Waals surface area contributed by atoms with Gasteiger partial charge in [0.15, 0.2) is 12.4 Å². The number of hydrogen-bond donors (Lipinski definition) is 0. The Morgan fingerprint density at radius 3 is 2.75 bits per heavy atom. The maximum atomic E-state index is 2.12. The number of aryl methyl sites for hydroxylation is 3. The zero-order chi connectivity index (χ0) is 8.72. The average Bonchev–Trinajstić information content (AvgIpc) is 2.31. The van der Waals surface area contributed by atoms with Crippen LogP contribution in [0.15, 0.2) is 24.8 Å². The summed E-state index contributed by atoms with van der Waals surface area (Å²) in [6, 6.07) is 0. The monoisotopic (exact) mass is 163 g/mol. The highest BCUT2D eigenvalue weighted by Crippen LogP contribution is 1.94. The van der Waals surface area contributed by atoms with Gasteiger partial charge in [-0.05, 0) is 6.92 Å². The Balaban J connectivity index is 2.93. The third kappa shape index (κ3) is 0.897. The number of hydrogen-bond acceptors (Lipinski definition) is 0. The first kappa shape index (κ1) is 7.28. The van der Waals surface area contributed by atoms with Crippen molar-refractivity contribution >= 4 is 5.78 Å². The van der Waals surface area contributed by atoms with Crippen LogP contribution in [-0.4, -0.2) is 4.40 Å². The maximum Gasteiger partial charge on any atom is 0.537 e. The van der Waals surface area contributed by atoms with E-state index in [4.69, 9.17) is 0 Å². The molecule has 2 heterocycles. The maximum absolute atomic E-state index is 2.12. The van der Waals surface area contributed by atoms with Crippen LogP contribution in [0.25, 0.3) is 5.78 Å². The minimum atomic E-state index is 1.18. The van der Waals surface area contributed by atoms with E-state index < -0.39 is 0 Å². The molecule has 0 saturated carbocycles. The van der Waals surface area contributed by atoms with Crippen LogP contribution in [0.5, 0.6) is 0 Å². The normalized spacial score (nSPS) is 10.9. The smallest absolute Gasteiger partial charge is 0.160 e. The summed E-state index contributed by atoms with van der Waals surface area (Å²) in [5, 5.41) is 0. The van der Waals surface area contributed by atoms with Gasteiger partial charge in [0.05, 0.1) is 0 Å². The first-order valence-electron chi connectivity index (χ1n) is 4.01. The van der Waals surface area contributed by atoms with Crippen LogP contribution in [0.1, 0.15) is 5.56 Å². The van der Waals surface area contributed by atoms with E-state index >= 15 is 0 Å². The molecule has 0 spiro atoms. The summed E-state index contributed by atoms with van der Waals surface area (Å²) in [5.74, 6) is 1.18. The van der Waals surface area contributed by atoms with Crippen molar-refractivity contribution in [3.05, 3.63) is 30.4 Å². The zero-order valence-corrected chi connectivity index (χ0v) is 7.65. The van der Waals surface area contributed by atoms with E-state index in [0.717, 1.165) is 0 Å². The largest absolute Gasteiger partial charge is 0.537 e. The number of imidazole rings is 1. The predicted molar refractivity (Wildman–Crippen MR) is 44.5 cm³/mol. The molecule has 2 aromatic heterocycles. The highest BCUT2D eigenvalue weighted by atomic mass is 15.2. The van der Waals surface area contributed by atoms with Crippen LogP contribution in [0.2, 0.25) is 0 Å². The lowest BCUT2D eigenvalue weighted by Crippen LogP contribution is -2.42. The van der Waals surface area contributed by atoms with Gasteiger partial charge in [0, 0.05) is 5.56 Å². The van der Waals surface area contributed by atoms with Crippen molar-refractivity contribution in [2.75, 3.05) is 0 Å². The van der Waals surface area contributed by atoms with Gasteiger partial charge in [-0.25, -0.2) is 0 Å². The Labute approximate surface area is 71.5 Å². The summed E-state index contributed by atoms with van der Waals surface area (Å²) in [4.78, 5) is 0. The van der Waals surface area contributed by atoms with Crippen LogP contribution in [-0.2, 0) is 14.1 Å². The fourth-order valence-corrected chi connectivity index (χ4v) is 1.63. The lowest BCUT2D eigenvalue weighted by Gasteiger charge is -1.90. The summed E-state index contributed by atoms with van der Waals surface area (Å²) in [7, 11) is 4.10. The minimum absolute atomic E-state index is 1.18. The van der Waals surface area contributed by atoms with Crippen LogP contribution >= 0.6 is 0 Å². The molecule has 62 valence electrons. The average molecular weight is 163 g/mol. The van der Waals surface area contributed by atoms with Crippen molar-refractivity contribution < 1.29 is 9.13 Å². The van der Waals surface area contributed by atoms with Crippen molar-refractivity contribution in [3.8, 4) is 0 Å². The standard InChI is InChI=1S/C9H13N3/c1-8-6-11(3)9-10(2)4-5-12(9)7-8/h4-7H,1-3H3/q+2. The third-order valence-electron chi connectivity index (χ3n) is 2.05. The molecule has 0 aromatic carbocycles. The van der Waals surface area contributed by atoms with Gasteiger partial charge in [-0.2, -0.15) is 9.13 Å². The van der Waals surface area contributed by atoms with Gasteiger partial charge < -0.3 is 0 Å². The Morgan fingerprint density at radius 1 is 1.25 bits per heavy atom. The van der Waals surface area contributed by atoms with Crippen LogP contribution in [0.4, 0.5) is 0 Å². The first-order valence-corrected chi connectivity index (χ1v) is 4.01. The van der Waals surface area contributed by atoms with Gasteiger partial charge in [0.2, 0.25) is 0 Å². The molecule has 0 aliphatic rings. The van der Waals surface area contributed by atoms with E-state index in [1.54, 1.807) is 0 Å². The molecule has 12 heavy (non-hydrogen) atoms. The molecule has 2 aromatic rings. The molecule has 0 aliphatic heterocycles. The molecule has 0 amide bonds. The minimum Gasteiger partial charge on any atom is -0.160 e. The van der Waals surface area contributed by atoms with Gasteiger partial charge in [0.25, 0.3) is 0 Å². The Kier molecular flexibility index (Phi) is 1.40. The molecule has 0 fully saturated rings. The molecule has 3 nitrogen and oxygen atoms in total. The second kappa shape index (κ2) is 2.30. The van der Waals surface area contributed by atoms with Crippen molar-refractivity contribution in [3.63, 3.8) is 0 Å². The summed E-state index contributed by atoms with van der Waals surface area (Å²) in [6.45, 7) is 2.10. The van der Waals surface area contributed by atoms with Crippen LogP contribution in [0.3, 0.4) is 0 Å². The molecule has 0 radical (unpaired) electrons. The highest BCUT2D eigenvalue weighted by Gasteiger charge is 2.16. The molecule has 0 saturated heterocycles. The predicted octanol–water partition coefficient (Wildman–Crippen LogP) is -0.103. The van der Waals surface area contributed by atoms with Gasteiger partial charge in [-0.1, -0.05) is 0 Å². The van der Waals surface area contributed by atoms with Gasteiger partial charge in [-0.3, -0.25) is 0 Å². The summed E-state index contributed by atoms with van der Waals surface area (Å²) in [5.41, 5.74) is 1.27.